The average molecular weight is 312 g/mol. The van der Waals surface area contributed by atoms with E-state index in [2.05, 4.69) is 9.97 Å². The summed E-state index contributed by atoms with van der Waals surface area (Å²) < 4.78 is 40.6. The highest BCUT2D eigenvalue weighted by Crippen LogP contribution is 2.32. The number of thiazole rings is 1. The fourth-order valence-electron chi connectivity index (χ4n) is 2.17. The van der Waals surface area contributed by atoms with E-state index in [0.29, 0.717) is 16.9 Å². The lowest BCUT2D eigenvalue weighted by atomic mass is 10.3. The molecule has 110 valence electrons. The number of hydrogen-bond donors (Lipinski definition) is 1. The van der Waals surface area contributed by atoms with Gasteiger partial charge in [0.05, 0.1) is 28.3 Å². The predicted molar refractivity (Wildman–Crippen MR) is 75.1 cm³/mol. The summed E-state index contributed by atoms with van der Waals surface area (Å²) in [5.41, 5.74) is 7.19. The maximum atomic E-state index is 13.2. The van der Waals surface area contributed by atoms with Crippen molar-refractivity contribution in [3.05, 3.63) is 40.1 Å². The lowest BCUT2D eigenvalue weighted by Gasteiger charge is -2.10. The van der Waals surface area contributed by atoms with Crippen molar-refractivity contribution in [2.45, 2.75) is 19.6 Å². The van der Waals surface area contributed by atoms with Gasteiger partial charge in [-0.3, -0.25) is 0 Å². The smallest absolute Gasteiger partial charge is 0.399 e. The predicted octanol–water partition coefficient (Wildman–Crippen LogP) is 3.45. The number of nitrogens with zero attached hydrogens (tertiary/aromatic N) is 3. The summed E-state index contributed by atoms with van der Waals surface area (Å²) in [5.74, 6) is -0.936. The molecule has 0 saturated carbocycles. The summed E-state index contributed by atoms with van der Waals surface area (Å²) in [6, 6.07) is 4.55. The van der Waals surface area contributed by atoms with E-state index in [-0.39, 0.29) is 12.1 Å². The topological polar surface area (TPSA) is 56.7 Å². The third-order valence-electron chi connectivity index (χ3n) is 3.01. The molecule has 1 aromatic carbocycles. The van der Waals surface area contributed by atoms with Crippen molar-refractivity contribution >= 4 is 28.1 Å². The molecule has 2 N–H and O–H groups in total. The fourth-order valence-corrected chi connectivity index (χ4v) is 2.77. The number of imidazole rings is 1. The van der Waals surface area contributed by atoms with Gasteiger partial charge in [0.15, 0.2) is 0 Å². The van der Waals surface area contributed by atoms with Crippen molar-refractivity contribution < 1.29 is 13.2 Å². The number of aryl methyl sites for hydroxylation is 1. The van der Waals surface area contributed by atoms with Crippen LogP contribution < -0.4 is 5.73 Å². The number of fused-ring (bicyclic) bond motifs is 1. The SMILES string of the molecule is Cc1nc(Cn2c(C(F)(F)F)nc3cc(N)ccc32)cs1. The zero-order valence-electron chi connectivity index (χ0n) is 11.0. The Morgan fingerprint density at radius 1 is 1.29 bits per heavy atom. The van der Waals surface area contributed by atoms with E-state index in [0.717, 1.165) is 9.57 Å². The van der Waals surface area contributed by atoms with E-state index in [1.807, 2.05) is 6.92 Å². The maximum absolute atomic E-state index is 13.2. The highest BCUT2D eigenvalue weighted by molar-refractivity contribution is 7.09. The Bertz CT molecular complexity index is 803. The standard InChI is InChI=1S/C13H11F3N4S/c1-7-18-9(6-21-7)5-20-11-3-2-8(17)4-10(11)19-12(20)13(14,15)16/h2-4,6H,5,17H2,1H3. The third kappa shape index (κ3) is 2.58. The summed E-state index contributed by atoms with van der Waals surface area (Å²) >= 11 is 1.40. The van der Waals surface area contributed by atoms with Gasteiger partial charge in [0.1, 0.15) is 0 Å². The molecule has 0 aliphatic rings. The molecule has 2 heterocycles. The van der Waals surface area contributed by atoms with Gasteiger partial charge in [0, 0.05) is 11.1 Å². The zero-order chi connectivity index (χ0) is 15.2. The van der Waals surface area contributed by atoms with Gasteiger partial charge in [-0.2, -0.15) is 13.2 Å². The molecular weight excluding hydrogens is 301 g/mol. The van der Waals surface area contributed by atoms with Crippen LogP contribution >= 0.6 is 11.3 Å². The van der Waals surface area contributed by atoms with E-state index < -0.39 is 12.0 Å². The van der Waals surface area contributed by atoms with E-state index in [9.17, 15) is 13.2 Å². The molecule has 0 saturated heterocycles. The molecule has 8 heteroatoms. The summed E-state index contributed by atoms with van der Waals surface area (Å²) in [5, 5.41) is 2.56. The summed E-state index contributed by atoms with van der Waals surface area (Å²) in [4.78, 5) is 7.89. The van der Waals surface area contributed by atoms with Crippen LogP contribution in [0.4, 0.5) is 18.9 Å². The first-order chi connectivity index (χ1) is 9.84. The molecule has 0 unspecified atom stereocenters. The molecule has 0 aliphatic carbocycles. The number of nitrogens with two attached hydrogens (primary N) is 1. The molecule has 4 nitrogen and oxygen atoms in total. The van der Waals surface area contributed by atoms with Crippen LogP contribution in [0.1, 0.15) is 16.5 Å². The first kappa shape index (κ1) is 13.9. The van der Waals surface area contributed by atoms with Crippen LogP contribution in [0, 0.1) is 6.92 Å². The first-order valence-corrected chi connectivity index (χ1v) is 6.96. The minimum Gasteiger partial charge on any atom is -0.399 e. The lowest BCUT2D eigenvalue weighted by Crippen LogP contribution is -2.15. The van der Waals surface area contributed by atoms with Crippen molar-refractivity contribution in [3.8, 4) is 0 Å². The maximum Gasteiger partial charge on any atom is 0.449 e. The van der Waals surface area contributed by atoms with Crippen molar-refractivity contribution in [2.24, 2.45) is 0 Å². The number of alkyl halides is 3. The van der Waals surface area contributed by atoms with Crippen LogP contribution in [0.25, 0.3) is 11.0 Å². The van der Waals surface area contributed by atoms with Crippen LogP contribution in [0.3, 0.4) is 0 Å². The van der Waals surface area contributed by atoms with Crippen molar-refractivity contribution in [1.82, 2.24) is 14.5 Å². The van der Waals surface area contributed by atoms with Gasteiger partial charge < -0.3 is 10.3 Å². The van der Waals surface area contributed by atoms with Crippen LogP contribution in [0.2, 0.25) is 0 Å². The number of rotatable bonds is 2. The third-order valence-corrected chi connectivity index (χ3v) is 3.83. The Balaban J connectivity index is 2.17. The van der Waals surface area contributed by atoms with Crippen LogP contribution in [-0.4, -0.2) is 14.5 Å². The molecular formula is C13H11F3N4S. The van der Waals surface area contributed by atoms with Crippen molar-refractivity contribution in [2.75, 3.05) is 5.73 Å². The van der Waals surface area contributed by atoms with Gasteiger partial charge in [-0.1, -0.05) is 0 Å². The van der Waals surface area contributed by atoms with Crippen LogP contribution in [0.15, 0.2) is 23.6 Å². The molecule has 0 radical (unpaired) electrons. The highest BCUT2D eigenvalue weighted by atomic mass is 32.1. The van der Waals surface area contributed by atoms with Gasteiger partial charge in [0.25, 0.3) is 0 Å². The van der Waals surface area contributed by atoms with Crippen LogP contribution in [0.5, 0.6) is 0 Å². The Hall–Kier alpha value is -2.09. The molecule has 0 fully saturated rings. The number of anilines is 1. The summed E-state index contributed by atoms with van der Waals surface area (Å²) in [7, 11) is 0. The van der Waals surface area contributed by atoms with Gasteiger partial charge in [0.2, 0.25) is 5.82 Å². The molecule has 21 heavy (non-hydrogen) atoms. The van der Waals surface area contributed by atoms with Gasteiger partial charge in [-0.05, 0) is 25.1 Å². The molecule has 0 bridgehead atoms. The lowest BCUT2D eigenvalue weighted by molar-refractivity contribution is -0.146. The molecule has 0 atom stereocenters. The Morgan fingerprint density at radius 2 is 2.05 bits per heavy atom. The zero-order valence-corrected chi connectivity index (χ0v) is 11.8. The number of hydrogen-bond acceptors (Lipinski definition) is 4. The number of nitrogen functional groups attached to an aromatic ring is 1. The average Bonchev–Trinajstić information content (AvgIpc) is 2.93. The van der Waals surface area contributed by atoms with Crippen molar-refractivity contribution in [1.29, 1.82) is 0 Å². The number of benzene rings is 1. The normalized spacial score (nSPS) is 12.2. The number of halogens is 3. The molecule has 3 rings (SSSR count). The first-order valence-electron chi connectivity index (χ1n) is 6.08. The minimum atomic E-state index is -4.53. The van der Waals surface area contributed by atoms with Gasteiger partial charge in [-0.15, -0.1) is 11.3 Å². The minimum absolute atomic E-state index is 0.0274. The van der Waals surface area contributed by atoms with Gasteiger partial charge >= 0.3 is 6.18 Å². The second kappa shape index (κ2) is 4.73. The molecule has 3 aromatic rings. The Kier molecular flexibility index (Phi) is 3.12. The van der Waals surface area contributed by atoms with E-state index in [4.69, 9.17) is 5.73 Å². The fraction of sp³-hybridized carbons (Fsp3) is 0.231. The quantitative estimate of drug-likeness (QED) is 0.737. The Labute approximate surface area is 122 Å². The second-order valence-corrected chi connectivity index (χ2v) is 5.69. The molecule has 0 aliphatic heterocycles. The highest BCUT2D eigenvalue weighted by Gasteiger charge is 2.37. The van der Waals surface area contributed by atoms with Crippen molar-refractivity contribution in [3.63, 3.8) is 0 Å². The molecule has 0 amide bonds. The van der Waals surface area contributed by atoms with E-state index >= 15 is 0 Å². The molecule has 2 aromatic heterocycles. The van der Waals surface area contributed by atoms with Gasteiger partial charge in [-0.25, -0.2) is 9.97 Å². The Morgan fingerprint density at radius 3 is 2.67 bits per heavy atom. The second-order valence-electron chi connectivity index (χ2n) is 4.63. The van der Waals surface area contributed by atoms with Crippen LogP contribution in [-0.2, 0) is 12.7 Å². The summed E-state index contributed by atoms with van der Waals surface area (Å²) in [6.07, 6.45) is -4.53. The number of aromatic nitrogens is 3. The van der Waals surface area contributed by atoms with E-state index in [1.165, 1.54) is 17.4 Å². The summed E-state index contributed by atoms with van der Waals surface area (Å²) in [6.45, 7) is 1.84. The van der Waals surface area contributed by atoms with E-state index in [1.54, 1.807) is 17.5 Å². The molecule has 0 spiro atoms. The monoisotopic (exact) mass is 312 g/mol. The largest absolute Gasteiger partial charge is 0.449 e.